The van der Waals surface area contributed by atoms with E-state index in [2.05, 4.69) is 25.6 Å². The van der Waals surface area contributed by atoms with Gasteiger partial charge in [0.2, 0.25) is 5.91 Å². The second-order valence-corrected chi connectivity index (χ2v) is 5.45. The first-order chi connectivity index (χ1) is 11.5. The van der Waals surface area contributed by atoms with Crippen LogP contribution in [0, 0.1) is 13.8 Å². The fraction of sp³-hybridized carbons (Fsp3) is 0.267. The van der Waals surface area contributed by atoms with E-state index in [1.54, 1.807) is 10.7 Å². The molecule has 0 aliphatic heterocycles. The lowest BCUT2D eigenvalue weighted by Gasteiger charge is -2.11. The normalized spacial score (nSPS) is 10.9. The van der Waals surface area contributed by atoms with Gasteiger partial charge in [0.15, 0.2) is 5.65 Å². The number of nitrogens with two attached hydrogens (primary N) is 1. The number of fused-ring (bicyclic) bond motifs is 1. The second-order valence-electron chi connectivity index (χ2n) is 5.45. The van der Waals surface area contributed by atoms with Crippen LogP contribution >= 0.6 is 0 Å². The van der Waals surface area contributed by atoms with Crippen molar-refractivity contribution in [1.82, 2.24) is 24.8 Å². The van der Waals surface area contributed by atoms with Crippen molar-refractivity contribution in [2.24, 2.45) is 5.73 Å². The van der Waals surface area contributed by atoms with Gasteiger partial charge in [-0.25, -0.2) is 9.50 Å². The Hall–Kier alpha value is -3.23. The van der Waals surface area contributed by atoms with Crippen molar-refractivity contribution in [3.63, 3.8) is 0 Å². The molecule has 0 aliphatic carbocycles. The van der Waals surface area contributed by atoms with Crippen molar-refractivity contribution < 1.29 is 9.59 Å². The van der Waals surface area contributed by atoms with Crippen molar-refractivity contribution in [2.45, 2.75) is 26.7 Å². The highest BCUT2D eigenvalue weighted by Gasteiger charge is 2.17. The Labute approximate surface area is 137 Å². The first kappa shape index (κ1) is 15.7. The van der Waals surface area contributed by atoms with Crippen molar-refractivity contribution in [1.29, 1.82) is 0 Å². The SMILES string of the molecule is Cc1nc2c(C(N)=O)cnn2c(C)c1CCC(=O)Nc1cn[nH]c1. The molecular formula is C15H17N7O2. The molecular weight excluding hydrogens is 310 g/mol. The van der Waals surface area contributed by atoms with E-state index in [0.717, 1.165) is 17.0 Å². The number of aromatic nitrogens is 5. The van der Waals surface area contributed by atoms with Gasteiger partial charge in [-0.1, -0.05) is 0 Å². The van der Waals surface area contributed by atoms with Gasteiger partial charge < -0.3 is 11.1 Å². The molecule has 0 spiro atoms. The van der Waals surface area contributed by atoms with Gasteiger partial charge in [0.25, 0.3) is 5.91 Å². The molecule has 124 valence electrons. The van der Waals surface area contributed by atoms with Crippen LogP contribution in [0.25, 0.3) is 5.65 Å². The molecule has 0 saturated carbocycles. The summed E-state index contributed by atoms with van der Waals surface area (Å²) in [5.41, 5.74) is 9.18. The molecule has 3 aromatic heterocycles. The molecule has 0 radical (unpaired) electrons. The lowest BCUT2D eigenvalue weighted by atomic mass is 10.1. The topological polar surface area (TPSA) is 131 Å². The molecule has 9 nitrogen and oxygen atoms in total. The molecule has 2 amide bonds. The number of primary amides is 1. The standard InChI is InChI=1S/C15H17N7O2/c1-8-11(3-4-13(23)21-10-5-17-18-6-10)9(2)22-15(20-8)12(7-19-22)14(16)24/h5-7H,3-4H2,1-2H3,(H2,16,24)(H,17,18)(H,21,23). The van der Waals surface area contributed by atoms with Crippen LogP contribution in [0.2, 0.25) is 0 Å². The fourth-order valence-corrected chi connectivity index (χ4v) is 2.63. The Balaban J connectivity index is 1.82. The molecule has 0 fully saturated rings. The molecule has 3 heterocycles. The predicted octanol–water partition coefficient (Wildman–Crippen LogP) is 0.739. The zero-order chi connectivity index (χ0) is 17.3. The van der Waals surface area contributed by atoms with E-state index in [4.69, 9.17) is 5.73 Å². The highest BCUT2D eigenvalue weighted by Crippen LogP contribution is 2.18. The Bertz CT molecular complexity index is 912. The summed E-state index contributed by atoms with van der Waals surface area (Å²) in [6.45, 7) is 3.72. The Morgan fingerprint density at radius 3 is 2.79 bits per heavy atom. The molecule has 0 aromatic carbocycles. The van der Waals surface area contributed by atoms with Gasteiger partial charge in [0.05, 0.1) is 18.1 Å². The third-order valence-electron chi connectivity index (χ3n) is 3.86. The van der Waals surface area contributed by atoms with E-state index in [1.165, 1.54) is 12.4 Å². The summed E-state index contributed by atoms with van der Waals surface area (Å²) in [6.07, 6.45) is 5.36. The molecule has 0 bridgehead atoms. The number of H-pyrrole nitrogens is 1. The third-order valence-corrected chi connectivity index (χ3v) is 3.86. The van der Waals surface area contributed by atoms with Gasteiger partial charge in [-0.3, -0.25) is 14.7 Å². The minimum Gasteiger partial charge on any atom is -0.365 e. The van der Waals surface area contributed by atoms with E-state index < -0.39 is 5.91 Å². The van der Waals surface area contributed by atoms with Crippen LogP contribution in [0.5, 0.6) is 0 Å². The molecule has 4 N–H and O–H groups in total. The van der Waals surface area contributed by atoms with E-state index in [1.807, 2.05) is 13.8 Å². The monoisotopic (exact) mass is 327 g/mol. The molecule has 3 rings (SSSR count). The van der Waals surface area contributed by atoms with Crippen molar-refractivity contribution in [3.05, 3.63) is 41.1 Å². The predicted molar refractivity (Wildman–Crippen MR) is 86.5 cm³/mol. The maximum absolute atomic E-state index is 12.0. The van der Waals surface area contributed by atoms with E-state index >= 15 is 0 Å². The van der Waals surface area contributed by atoms with E-state index in [0.29, 0.717) is 24.2 Å². The second kappa shape index (κ2) is 6.11. The van der Waals surface area contributed by atoms with Crippen LogP contribution in [0.15, 0.2) is 18.6 Å². The molecule has 9 heteroatoms. The highest BCUT2D eigenvalue weighted by molar-refractivity contribution is 5.98. The lowest BCUT2D eigenvalue weighted by molar-refractivity contribution is -0.116. The van der Waals surface area contributed by atoms with Gasteiger partial charge in [-0.15, -0.1) is 0 Å². The van der Waals surface area contributed by atoms with Crippen LogP contribution < -0.4 is 11.1 Å². The van der Waals surface area contributed by atoms with Crippen LogP contribution in [0.1, 0.15) is 33.7 Å². The average molecular weight is 327 g/mol. The van der Waals surface area contributed by atoms with Gasteiger partial charge in [0, 0.05) is 24.0 Å². The largest absolute Gasteiger partial charge is 0.365 e. The van der Waals surface area contributed by atoms with Crippen molar-refractivity contribution in [2.75, 3.05) is 5.32 Å². The minimum atomic E-state index is -0.566. The maximum atomic E-state index is 12.0. The molecule has 0 atom stereocenters. The number of aryl methyl sites for hydroxylation is 2. The summed E-state index contributed by atoms with van der Waals surface area (Å²) in [7, 11) is 0. The summed E-state index contributed by atoms with van der Waals surface area (Å²) < 4.78 is 1.58. The van der Waals surface area contributed by atoms with Crippen molar-refractivity contribution in [3.8, 4) is 0 Å². The smallest absolute Gasteiger partial charge is 0.254 e. The highest BCUT2D eigenvalue weighted by atomic mass is 16.2. The van der Waals surface area contributed by atoms with E-state index in [9.17, 15) is 9.59 Å². The fourth-order valence-electron chi connectivity index (χ4n) is 2.63. The van der Waals surface area contributed by atoms with Gasteiger partial charge in [-0.2, -0.15) is 10.2 Å². The van der Waals surface area contributed by atoms with Crippen molar-refractivity contribution >= 4 is 23.1 Å². The number of amides is 2. The number of hydrogen-bond donors (Lipinski definition) is 3. The molecule has 3 aromatic rings. The minimum absolute atomic E-state index is 0.117. The van der Waals surface area contributed by atoms with Gasteiger partial charge >= 0.3 is 0 Å². The number of aromatic amines is 1. The molecule has 24 heavy (non-hydrogen) atoms. The molecule has 0 saturated heterocycles. The number of nitrogens with one attached hydrogen (secondary N) is 2. The molecule has 0 aliphatic rings. The first-order valence-electron chi connectivity index (χ1n) is 7.39. The molecule has 0 unspecified atom stereocenters. The van der Waals surface area contributed by atoms with Crippen LogP contribution in [0.3, 0.4) is 0 Å². The summed E-state index contributed by atoms with van der Waals surface area (Å²) in [5, 5.41) is 13.3. The van der Waals surface area contributed by atoms with Crippen LogP contribution in [0.4, 0.5) is 5.69 Å². The average Bonchev–Trinajstić information content (AvgIpc) is 3.16. The zero-order valence-corrected chi connectivity index (χ0v) is 13.3. The summed E-state index contributed by atoms with van der Waals surface area (Å²) in [5.74, 6) is -0.683. The summed E-state index contributed by atoms with van der Waals surface area (Å²) in [4.78, 5) is 27.8. The Morgan fingerprint density at radius 2 is 2.12 bits per heavy atom. The number of rotatable bonds is 5. The number of carbonyl (C=O) groups is 2. The quantitative estimate of drug-likeness (QED) is 0.636. The van der Waals surface area contributed by atoms with Crippen LogP contribution in [-0.4, -0.2) is 36.6 Å². The van der Waals surface area contributed by atoms with Gasteiger partial charge in [0.1, 0.15) is 5.56 Å². The number of carbonyl (C=O) groups excluding carboxylic acids is 2. The number of hydrogen-bond acceptors (Lipinski definition) is 5. The number of anilines is 1. The zero-order valence-electron chi connectivity index (χ0n) is 13.3. The van der Waals surface area contributed by atoms with Crippen LogP contribution in [-0.2, 0) is 11.2 Å². The summed E-state index contributed by atoms with van der Waals surface area (Å²) in [6, 6.07) is 0. The van der Waals surface area contributed by atoms with Gasteiger partial charge in [-0.05, 0) is 25.8 Å². The Kier molecular flexibility index (Phi) is 3.98. The van der Waals surface area contributed by atoms with E-state index in [-0.39, 0.29) is 11.5 Å². The lowest BCUT2D eigenvalue weighted by Crippen LogP contribution is -2.15. The first-order valence-corrected chi connectivity index (χ1v) is 7.39. The maximum Gasteiger partial charge on any atom is 0.254 e. The summed E-state index contributed by atoms with van der Waals surface area (Å²) >= 11 is 0. The third kappa shape index (κ3) is 2.83. The number of nitrogens with zero attached hydrogens (tertiary/aromatic N) is 4. The Morgan fingerprint density at radius 1 is 1.33 bits per heavy atom.